The summed E-state index contributed by atoms with van der Waals surface area (Å²) in [7, 11) is 0. The summed E-state index contributed by atoms with van der Waals surface area (Å²) in [6.07, 6.45) is 8.19. The van der Waals surface area contributed by atoms with Gasteiger partial charge in [0.25, 0.3) is 0 Å². The zero-order valence-electron chi connectivity index (χ0n) is 17.1. The normalized spacial score (nSPS) is 27.0. The summed E-state index contributed by atoms with van der Waals surface area (Å²) in [5.74, 6) is 1.59. The van der Waals surface area contributed by atoms with Crippen LogP contribution in [0.25, 0.3) is 0 Å². The molecule has 3 fully saturated rings. The van der Waals surface area contributed by atoms with Gasteiger partial charge in [-0.15, -0.1) is 24.0 Å². The van der Waals surface area contributed by atoms with Crippen molar-refractivity contribution in [3.05, 3.63) is 0 Å². The van der Waals surface area contributed by atoms with E-state index < -0.39 is 0 Å². The number of nitrogens with one attached hydrogen (secondary N) is 2. The molecule has 156 valence electrons. The molecule has 1 saturated carbocycles. The lowest BCUT2D eigenvalue weighted by molar-refractivity contribution is -0.134. The fourth-order valence-corrected chi connectivity index (χ4v) is 4.74. The van der Waals surface area contributed by atoms with Crippen molar-refractivity contribution in [2.75, 3.05) is 39.3 Å². The molecule has 0 radical (unpaired) electrons. The largest absolute Gasteiger partial charge is 0.357 e. The van der Waals surface area contributed by atoms with E-state index in [9.17, 15) is 4.79 Å². The quantitative estimate of drug-likeness (QED) is 0.341. The van der Waals surface area contributed by atoms with E-state index in [2.05, 4.69) is 34.3 Å². The molecule has 27 heavy (non-hydrogen) atoms. The second-order valence-corrected chi connectivity index (χ2v) is 8.04. The van der Waals surface area contributed by atoms with Gasteiger partial charge in [-0.2, -0.15) is 0 Å². The molecule has 2 N–H and O–H groups in total. The van der Waals surface area contributed by atoms with Gasteiger partial charge in [-0.3, -0.25) is 14.7 Å². The van der Waals surface area contributed by atoms with Crippen molar-refractivity contribution >= 4 is 35.8 Å². The zero-order chi connectivity index (χ0) is 18.4. The Morgan fingerprint density at radius 1 is 1.07 bits per heavy atom. The van der Waals surface area contributed by atoms with E-state index in [-0.39, 0.29) is 29.9 Å². The standard InChI is InChI=1S/C20H37N5O.HI/c1-3-21-20(22-14-18-10-7-12-24(18)4-2)23-17-11-13-25(15-17)19(26)16-8-5-6-9-16;/h16-18H,3-15H2,1-2H3,(H2,21,22,23);1H. The minimum absolute atomic E-state index is 0. The Balaban J connectivity index is 0.00000261. The predicted octanol–water partition coefficient (Wildman–Crippen LogP) is 2.43. The first-order chi connectivity index (χ1) is 12.7. The molecule has 2 atom stereocenters. The molecule has 3 aliphatic rings. The molecular formula is C20H38IN5O. The summed E-state index contributed by atoms with van der Waals surface area (Å²) in [4.78, 5) is 22.1. The lowest BCUT2D eigenvalue weighted by Crippen LogP contribution is -2.46. The molecule has 2 heterocycles. The average Bonchev–Trinajstić information content (AvgIpc) is 3.40. The van der Waals surface area contributed by atoms with Crippen LogP contribution in [-0.4, -0.2) is 73.0 Å². The highest BCUT2D eigenvalue weighted by molar-refractivity contribution is 14.0. The predicted molar refractivity (Wildman–Crippen MR) is 122 cm³/mol. The lowest BCUT2D eigenvalue weighted by Gasteiger charge is -2.23. The van der Waals surface area contributed by atoms with Gasteiger partial charge in [-0.25, -0.2) is 0 Å². The van der Waals surface area contributed by atoms with Crippen LogP contribution in [0.5, 0.6) is 0 Å². The molecule has 2 aliphatic heterocycles. The molecule has 0 aromatic heterocycles. The number of carbonyl (C=O) groups is 1. The summed E-state index contributed by atoms with van der Waals surface area (Å²) in [5.41, 5.74) is 0. The SMILES string of the molecule is CCNC(=NCC1CCCN1CC)NC1CCN(C(=O)C2CCCC2)C1.I. The van der Waals surface area contributed by atoms with Gasteiger partial charge in [0, 0.05) is 37.6 Å². The molecule has 6 nitrogen and oxygen atoms in total. The van der Waals surface area contributed by atoms with Crippen LogP contribution < -0.4 is 10.6 Å². The Bertz CT molecular complexity index is 495. The van der Waals surface area contributed by atoms with Crippen LogP contribution in [0.2, 0.25) is 0 Å². The van der Waals surface area contributed by atoms with Crippen molar-refractivity contribution < 1.29 is 4.79 Å². The highest BCUT2D eigenvalue weighted by Gasteiger charge is 2.32. The van der Waals surface area contributed by atoms with Crippen LogP contribution in [0.15, 0.2) is 4.99 Å². The van der Waals surface area contributed by atoms with Crippen LogP contribution in [0.3, 0.4) is 0 Å². The van der Waals surface area contributed by atoms with E-state index in [1.807, 2.05) is 0 Å². The Hall–Kier alpha value is -0.570. The van der Waals surface area contributed by atoms with Gasteiger partial charge in [0.15, 0.2) is 5.96 Å². The molecular weight excluding hydrogens is 453 g/mol. The molecule has 0 spiro atoms. The molecule has 0 aromatic rings. The van der Waals surface area contributed by atoms with Crippen molar-refractivity contribution in [3.8, 4) is 0 Å². The zero-order valence-corrected chi connectivity index (χ0v) is 19.4. The Morgan fingerprint density at radius 3 is 2.56 bits per heavy atom. The number of amides is 1. The molecule has 7 heteroatoms. The van der Waals surface area contributed by atoms with Crippen molar-refractivity contribution in [2.45, 2.75) is 70.9 Å². The number of likely N-dealkylation sites (tertiary alicyclic amines) is 2. The summed E-state index contributed by atoms with van der Waals surface area (Å²) in [6, 6.07) is 0.906. The van der Waals surface area contributed by atoms with Crippen molar-refractivity contribution in [3.63, 3.8) is 0 Å². The maximum Gasteiger partial charge on any atom is 0.225 e. The van der Waals surface area contributed by atoms with Gasteiger partial charge in [0.2, 0.25) is 5.91 Å². The fourth-order valence-electron chi connectivity index (χ4n) is 4.74. The highest BCUT2D eigenvalue weighted by atomic mass is 127. The van der Waals surface area contributed by atoms with Crippen molar-refractivity contribution in [2.24, 2.45) is 10.9 Å². The molecule has 1 amide bonds. The lowest BCUT2D eigenvalue weighted by atomic mass is 10.1. The third kappa shape index (κ3) is 6.21. The van der Waals surface area contributed by atoms with Crippen molar-refractivity contribution in [1.82, 2.24) is 20.4 Å². The number of hydrogen-bond acceptors (Lipinski definition) is 3. The monoisotopic (exact) mass is 491 g/mol. The number of rotatable bonds is 6. The van der Waals surface area contributed by atoms with E-state index in [4.69, 9.17) is 4.99 Å². The molecule has 0 aromatic carbocycles. The number of nitrogens with zero attached hydrogens (tertiary/aromatic N) is 3. The van der Waals surface area contributed by atoms with Gasteiger partial charge in [0.05, 0.1) is 6.54 Å². The van der Waals surface area contributed by atoms with Gasteiger partial charge >= 0.3 is 0 Å². The van der Waals surface area contributed by atoms with Gasteiger partial charge in [-0.05, 0) is 52.1 Å². The first-order valence-electron chi connectivity index (χ1n) is 10.8. The number of halogens is 1. The van der Waals surface area contributed by atoms with E-state index >= 15 is 0 Å². The number of likely N-dealkylation sites (N-methyl/N-ethyl adjacent to an activating group) is 1. The van der Waals surface area contributed by atoms with Gasteiger partial charge in [-0.1, -0.05) is 19.8 Å². The molecule has 2 unspecified atom stereocenters. The van der Waals surface area contributed by atoms with Crippen LogP contribution in [-0.2, 0) is 4.79 Å². The van der Waals surface area contributed by atoms with E-state index in [1.165, 1.54) is 32.2 Å². The molecule has 0 bridgehead atoms. The minimum Gasteiger partial charge on any atom is -0.357 e. The Labute approximate surface area is 181 Å². The first-order valence-corrected chi connectivity index (χ1v) is 10.8. The third-order valence-corrected chi connectivity index (χ3v) is 6.25. The summed E-state index contributed by atoms with van der Waals surface area (Å²) in [5, 5.41) is 6.96. The summed E-state index contributed by atoms with van der Waals surface area (Å²) < 4.78 is 0. The molecule has 3 rings (SSSR count). The average molecular weight is 491 g/mol. The Kier molecular flexibility index (Phi) is 9.62. The number of carbonyl (C=O) groups excluding carboxylic acids is 1. The fraction of sp³-hybridized carbons (Fsp3) is 0.900. The maximum atomic E-state index is 12.6. The van der Waals surface area contributed by atoms with Crippen LogP contribution in [0.4, 0.5) is 0 Å². The molecule has 2 saturated heterocycles. The first kappa shape index (κ1) is 22.7. The highest BCUT2D eigenvalue weighted by Crippen LogP contribution is 2.27. The smallest absolute Gasteiger partial charge is 0.225 e. The molecule has 1 aliphatic carbocycles. The number of hydrogen-bond donors (Lipinski definition) is 2. The second-order valence-electron chi connectivity index (χ2n) is 8.04. The Morgan fingerprint density at radius 2 is 1.85 bits per heavy atom. The van der Waals surface area contributed by atoms with E-state index in [0.29, 0.717) is 18.0 Å². The van der Waals surface area contributed by atoms with E-state index in [0.717, 1.165) is 57.9 Å². The maximum absolute atomic E-state index is 12.6. The van der Waals surface area contributed by atoms with Gasteiger partial charge < -0.3 is 15.5 Å². The number of guanidine groups is 1. The van der Waals surface area contributed by atoms with Gasteiger partial charge in [0.1, 0.15) is 0 Å². The minimum atomic E-state index is 0. The topological polar surface area (TPSA) is 60.0 Å². The summed E-state index contributed by atoms with van der Waals surface area (Å²) in [6.45, 7) is 10.1. The number of aliphatic imine (C=N–C) groups is 1. The van der Waals surface area contributed by atoms with Crippen molar-refractivity contribution in [1.29, 1.82) is 0 Å². The van der Waals surface area contributed by atoms with Crippen LogP contribution in [0, 0.1) is 5.92 Å². The van der Waals surface area contributed by atoms with Crippen LogP contribution in [0.1, 0.15) is 58.8 Å². The van der Waals surface area contributed by atoms with Crippen LogP contribution >= 0.6 is 24.0 Å². The summed E-state index contributed by atoms with van der Waals surface area (Å²) >= 11 is 0. The second kappa shape index (κ2) is 11.4. The third-order valence-electron chi connectivity index (χ3n) is 6.25. The van der Waals surface area contributed by atoms with E-state index in [1.54, 1.807) is 0 Å².